The Morgan fingerprint density at radius 1 is 1.05 bits per heavy atom. The number of H-pyrrole nitrogens is 1. The largest absolute Gasteiger partial charge is 0.423 e. The Hall–Kier alpha value is -3.15. The molecular formula is C15H11N3O3. The normalized spacial score (nSPS) is 10.5. The molecule has 0 aliphatic rings. The van der Waals surface area contributed by atoms with Gasteiger partial charge in [-0.15, -0.1) is 0 Å². The first-order valence-electron chi connectivity index (χ1n) is 6.19. The quantitative estimate of drug-likeness (QED) is 0.565. The molecule has 0 saturated heterocycles. The molecule has 0 atom stereocenters. The molecule has 1 amide bonds. The fourth-order valence-electron chi connectivity index (χ4n) is 1.92. The Morgan fingerprint density at radius 2 is 1.76 bits per heavy atom. The van der Waals surface area contributed by atoms with Crippen LogP contribution in [0.5, 0.6) is 5.75 Å². The Kier molecular flexibility index (Phi) is 3.12. The molecule has 6 heteroatoms. The fourth-order valence-corrected chi connectivity index (χ4v) is 1.92. The molecule has 6 nitrogen and oxygen atoms in total. The third-order valence-corrected chi connectivity index (χ3v) is 3.03. The number of rotatable bonds is 3. The van der Waals surface area contributed by atoms with Crippen LogP contribution in [-0.2, 0) is 0 Å². The highest BCUT2D eigenvalue weighted by Gasteiger charge is 2.10. The summed E-state index contributed by atoms with van der Waals surface area (Å²) in [6.45, 7) is 0. The number of nitrogens with zero attached hydrogens (tertiary/aromatic N) is 1. The monoisotopic (exact) mass is 281 g/mol. The molecule has 1 aromatic heterocycles. The topological polar surface area (TPSA) is 98.1 Å². The van der Waals surface area contributed by atoms with Gasteiger partial charge >= 0.3 is 5.97 Å². The maximum atomic E-state index is 12.0. The van der Waals surface area contributed by atoms with Gasteiger partial charge in [-0.3, -0.25) is 9.89 Å². The molecule has 104 valence electrons. The number of nitrogens with one attached hydrogen (secondary N) is 1. The maximum absolute atomic E-state index is 12.0. The van der Waals surface area contributed by atoms with E-state index in [0.717, 1.165) is 10.9 Å². The van der Waals surface area contributed by atoms with Gasteiger partial charge in [0, 0.05) is 17.0 Å². The lowest BCUT2D eigenvalue weighted by molar-refractivity contribution is 0.0734. The van der Waals surface area contributed by atoms with Crippen molar-refractivity contribution in [3.8, 4) is 5.75 Å². The van der Waals surface area contributed by atoms with Crippen LogP contribution < -0.4 is 10.5 Å². The van der Waals surface area contributed by atoms with E-state index in [9.17, 15) is 9.59 Å². The Morgan fingerprint density at radius 3 is 2.48 bits per heavy atom. The van der Waals surface area contributed by atoms with Crippen molar-refractivity contribution in [1.29, 1.82) is 0 Å². The van der Waals surface area contributed by atoms with E-state index in [0.29, 0.717) is 16.9 Å². The highest BCUT2D eigenvalue weighted by Crippen LogP contribution is 2.19. The van der Waals surface area contributed by atoms with Crippen molar-refractivity contribution in [2.75, 3.05) is 0 Å². The molecule has 3 rings (SSSR count). The van der Waals surface area contributed by atoms with Gasteiger partial charge < -0.3 is 10.5 Å². The molecule has 0 spiro atoms. The molecule has 0 unspecified atom stereocenters. The third kappa shape index (κ3) is 2.59. The number of ether oxygens (including phenoxy) is 1. The minimum Gasteiger partial charge on any atom is -0.423 e. The Labute approximate surface area is 119 Å². The fraction of sp³-hybridized carbons (Fsp3) is 0. The van der Waals surface area contributed by atoms with Gasteiger partial charge in [-0.25, -0.2) is 4.79 Å². The number of hydrogen-bond acceptors (Lipinski definition) is 4. The first-order chi connectivity index (χ1) is 10.1. The minimum absolute atomic E-state index is 0.338. The van der Waals surface area contributed by atoms with Crippen molar-refractivity contribution in [2.45, 2.75) is 0 Å². The van der Waals surface area contributed by atoms with Crippen LogP contribution in [0.25, 0.3) is 10.9 Å². The van der Waals surface area contributed by atoms with Gasteiger partial charge in [0.2, 0.25) is 5.91 Å². The van der Waals surface area contributed by atoms with Crippen LogP contribution in [0.1, 0.15) is 20.7 Å². The molecule has 21 heavy (non-hydrogen) atoms. The van der Waals surface area contributed by atoms with Gasteiger partial charge in [0.15, 0.2) is 0 Å². The zero-order chi connectivity index (χ0) is 14.8. The van der Waals surface area contributed by atoms with Crippen molar-refractivity contribution >= 4 is 22.8 Å². The number of amides is 1. The van der Waals surface area contributed by atoms with Crippen molar-refractivity contribution in [3.63, 3.8) is 0 Å². The summed E-state index contributed by atoms with van der Waals surface area (Å²) < 4.78 is 5.28. The van der Waals surface area contributed by atoms with Crippen LogP contribution in [0.4, 0.5) is 0 Å². The molecule has 0 bridgehead atoms. The van der Waals surface area contributed by atoms with Crippen LogP contribution in [0, 0.1) is 0 Å². The predicted molar refractivity (Wildman–Crippen MR) is 76.0 cm³/mol. The Bertz CT molecular complexity index is 822. The number of carbonyl (C=O) groups is 2. The lowest BCUT2D eigenvalue weighted by Crippen LogP contribution is -2.12. The lowest BCUT2D eigenvalue weighted by Gasteiger charge is -2.04. The highest BCUT2D eigenvalue weighted by molar-refractivity contribution is 5.96. The average molecular weight is 281 g/mol. The second kappa shape index (κ2) is 5.09. The van der Waals surface area contributed by atoms with Gasteiger partial charge in [-0.05, 0) is 36.4 Å². The molecule has 3 aromatic rings. The van der Waals surface area contributed by atoms with E-state index in [1.807, 2.05) is 0 Å². The van der Waals surface area contributed by atoms with Crippen molar-refractivity contribution in [2.24, 2.45) is 5.73 Å². The number of carbonyl (C=O) groups excluding carboxylic acids is 2. The zero-order valence-corrected chi connectivity index (χ0v) is 10.9. The summed E-state index contributed by atoms with van der Waals surface area (Å²) in [5, 5.41) is 7.63. The number of primary amides is 1. The van der Waals surface area contributed by atoms with E-state index >= 15 is 0 Å². The van der Waals surface area contributed by atoms with Gasteiger partial charge in [-0.2, -0.15) is 5.10 Å². The molecule has 0 aliphatic carbocycles. The SMILES string of the molecule is NC(=O)c1ccc(C(=O)Oc2ccc3cn[nH]c3c2)cc1. The molecule has 3 N–H and O–H groups in total. The van der Waals surface area contributed by atoms with Crippen molar-refractivity contribution in [1.82, 2.24) is 10.2 Å². The summed E-state index contributed by atoms with van der Waals surface area (Å²) in [5.41, 5.74) is 6.60. The second-order valence-corrected chi connectivity index (χ2v) is 4.45. The van der Waals surface area contributed by atoms with E-state index in [1.165, 1.54) is 24.3 Å². The molecule has 2 aromatic carbocycles. The number of hydrogen-bond donors (Lipinski definition) is 2. The van der Waals surface area contributed by atoms with Gasteiger partial charge in [-0.1, -0.05) is 0 Å². The Balaban J connectivity index is 1.80. The molecule has 0 fully saturated rings. The highest BCUT2D eigenvalue weighted by atomic mass is 16.5. The molecule has 0 aliphatic heterocycles. The summed E-state index contributed by atoms with van der Waals surface area (Å²) >= 11 is 0. The van der Waals surface area contributed by atoms with E-state index in [1.54, 1.807) is 24.4 Å². The summed E-state index contributed by atoms with van der Waals surface area (Å²) in [5.74, 6) is -0.639. The van der Waals surface area contributed by atoms with Crippen LogP contribution in [0.3, 0.4) is 0 Å². The van der Waals surface area contributed by atoms with Crippen LogP contribution >= 0.6 is 0 Å². The number of aromatic nitrogens is 2. The maximum Gasteiger partial charge on any atom is 0.343 e. The van der Waals surface area contributed by atoms with E-state index < -0.39 is 11.9 Å². The molecule has 0 radical (unpaired) electrons. The smallest absolute Gasteiger partial charge is 0.343 e. The van der Waals surface area contributed by atoms with Crippen molar-refractivity contribution in [3.05, 3.63) is 59.8 Å². The number of benzene rings is 2. The van der Waals surface area contributed by atoms with Gasteiger partial charge in [0.1, 0.15) is 5.75 Å². The lowest BCUT2D eigenvalue weighted by atomic mass is 10.1. The minimum atomic E-state index is -0.542. The predicted octanol–water partition coefficient (Wildman–Crippen LogP) is 1.88. The number of nitrogens with two attached hydrogens (primary N) is 1. The second-order valence-electron chi connectivity index (χ2n) is 4.45. The number of fused-ring (bicyclic) bond motifs is 1. The zero-order valence-electron chi connectivity index (χ0n) is 10.9. The van der Waals surface area contributed by atoms with E-state index in [2.05, 4.69) is 10.2 Å². The first-order valence-corrected chi connectivity index (χ1v) is 6.19. The molecule has 0 saturated carbocycles. The van der Waals surface area contributed by atoms with Gasteiger partial charge in [0.05, 0.1) is 17.3 Å². The van der Waals surface area contributed by atoms with E-state index in [4.69, 9.17) is 10.5 Å². The molecular weight excluding hydrogens is 270 g/mol. The van der Waals surface area contributed by atoms with Gasteiger partial charge in [0.25, 0.3) is 0 Å². The summed E-state index contributed by atoms with van der Waals surface area (Å²) in [4.78, 5) is 23.0. The third-order valence-electron chi connectivity index (χ3n) is 3.03. The van der Waals surface area contributed by atoms with Crippen molar-refractivity contribution < 1.29 is 14.3 Å². The average Bonchev–Trinajstić information content (AvgIpc) is 2.95. The van der Waals surface area contributed by atoms with Crippen LogP contribution in [-0.4, -0.2) is 22.1 Å². The summed E-state index contributed by atoms with van der Waals surface area (Å²) in [6.07, 6.45) is 1.68. The summed E-state index contributed by atoms with van der Waals surface area (Å²) in [6, 6.07) is 11.1. The molecule has 1 heterocycles. The first kappa shape index (κ1) is 12.9. The summed E-state index contributed by atoms with van der Waals surface area (Å²) in [7, 11) is 0. The van der Waals surface area contributed by atoms with Crippen LogP contribution in [0.15, 0.2) is 48.7 Å². The number of esters is 1. The van der Waals surface area contributed by atoms with E-state index in [-0.39, 0.29) is 0 Å². The number of aromatic amines is 1. The van der Waals surface area contributed by atoms with Crippen LogP contribution in [0.2, 0.25) is 0 Å². The standard InChI is InChI=1S/C15H11N3O3/c16-14(19)9-1-3-10(4-2-9)15(20)21-12-6-5-11-8-17-18-13(11)7-12/h1-8H,(H2,16,19)(H,17,18).